The predicted molar refractivity (Wildman–Crippen MR) is 36.1 cm³/mol. The van der Waals surface area contributed by atoms with Crippen LogP contribution in [0.4, 0.5) is 0 Å². The Bertz CT molecular complexity index is 212. The molecule has 0 aromatic heterocycles. The molecule has 1 fully saturated rings. The maximum Gasteiger partial charge on any atom is 0.307 e. The van der Waals surface area contributed by atoms with Crippen molar-refractivity contribution in [1.29, 1.82) is 0 Å². The summed E-state index contributed by atoms with van der Waals surface area (Å²) in [7, 11) is 0. The van der Waals surface area contributed by atoms with Gasteiger partial charge in [0.2, 0.25) is 5.60 Å². The molecule has 0 radical (unpaired) electrons. The number of carbonyl (C=O) groups excluding carboxylic acids is 3. The van der Waals surface area contributed by atoms with Gasteiger partial charge in [0.05, 0.1) is 0 Å². The fourth-order valence-corrected chi connectivity index (χ4v) is 1.04. The molecule has 1 atom stereocenters. The van der Waals surface area contributed by atoms with E-state index in [-0.39, 0.29) is 25.9 Å². The van der Waals surface area contributed by atoms with Crippen LogP contribution in [0.3, 0.4) is 0 Å². The maximum atomic E-state index is 10.7. The fourth-order valence-electron chi connectivity index (χ4n) is 1.04. The molecule has 5 heteroatoms. The second-order valence-corrected chi connectivity index (χ2v) is 2.56. The van der Waals surface area contributed by atoms with Crippen LogP contribution in [0.2, 0.25) is 0 Å². The number of rotatable bonds is 4. The molecule has 0 amide bonds. The van der Waals surface area contributed by atoms with Crippen LogP contribution in [0.1, 0.15) is 12.8 Å². The number of esters is 1. The van der Waals surface area contributed by atoms with Gasteiger partial charge in [-0.15, -0.1) is 0 Å². The second kappa shape index (κ2) is 3.34. The summed E-state index contributed by atoms with van der Waals surface area (Å²) < 4.78 is 9.08. The van der Waals surface area contributed by atoms with Crippen molar-refractivity contribution < 1.29 is 23.9 Å². The lowest BCUT2D eigenvalue weighted by Crippen LogP contribution is -2.35. The third-order valence-electron chi connectivity index (χ3n) is 1.68. The van der Waals surface area contributed by atoms with Crippen molar-refractivity contribution in [2.24, 2.45) is 0 Å². The predicted octanol–water partition coefficient (Wildman–Crippen LogP) is -0.566. The van der Waals surface area contributed by atoms with Gasteiger partial charge in [0.15, 0.2) is 6.29 Å². The van der Waals surface area contributed by atoms with E-state index in [1.807, 2.05) is 0 Å². The van der Waals surface area contributed by atoms with Crippen molar-refractivity contribution in [3.05, 3.63) is 0 Å². The molecule has 1 rings (SSSR count). The number of cyclic esters (lactones) is 1. The van der Waals surface area contributed by atoms with Crippen molar-refractivity contribution in [3.63, 3.8) is 0 Å². The van der Waals surface area contributed by atoms with Crippen molar-refractivity contribution in [1.82, 2.24) is 0 Å². The molecule has 0 spiro atoms. The molecular weight excluding hydrogens is 164 g/mol. The fraction of sp³-hybridized carbons (Fsp3) is 0.571. The summed E-state index contributed by atoms with van der Waals surface area (Å²) >= 11 is 0. The van der Waals surface area contributed by atoms with E-state index in [1.165, 1.54) is 0 Å². The lowest BCUT2D eigenvalue weighted by Gasteiger charge is -2.18. The molecule has 0 aliphatic carbocycles. The molecule has 0 unspecified atom stereocenters. The van der Waals surface area contributed by atoms with E-state index < -0.39 is 11.6 Å². The Kier molecular flexibility index (Phi) is 2.42. The third kappa shape index (κ3) is 1.61. The Morgan fingerprint density at radius 1 is 1.58 bits per heavy atom. The second-order valence-electron chi connectivity index (χ2n) is 2.56. The summed E-state index contributed by atoms with van der Waals surface area (Å²) in [6.07, 6.45) is 0.978. The van der Waals surface area contributed by atoms with Crippen LogP contribution < -0.4 is 0 Å². The van der Waals surface area contributed by atoms with Gasteiger partial charge in [0, 0.05) is 12.8 Å². The highest BCUT2D eigenvalue weighted by Gasteiger charge is 2.41. The molecule has 1 aliphatic rings. The van der Waals surface area contributed by atoms with E-state index in [4.69, 9.17) is 4.74 Å². The van der Waals surface area contributed by atoms with E-state index in [0.717, 1.165) is 0 Å². The first-order valence-electron chi connectivity index (χ1n) is 3.46. The molecule has 0 bridgehead atoms. The van der Waals surface area contributed by atoms with Crippen LogP contribution in [-0.4, -0.2) is 30.9 Å². The normalized spacial score (nSPS) is 27.8. The van der Waals surface area contributed by atoms with Gasteiger partial charge >= 0.3 is 5.97 Å². The molecule has 66 valence electrons. The lowest BCUT2D eigenvalue weighted by molar-refractivity contribution is -0.159. The lowest BCUT2D eigenvalue weighted by atomic mass is 10.0. The molecule has 0 N–H and O–H groups in total. The van der Waals surface area contributed by atoms with E-state index in [9.17, 15) is 14.4 Å². The van der Waals surface area contributed by atoms with Crippen molar-refractivity contribution in [2.75, 3.05) is 6.61 Å². The first kappa shape index (κ1) is 8.70. The third-order valence-corrected chi connectivity index (χ3v) is 1.68. The van der Waals surface area contributed by atoms with E-state index in [2.05, 4.69) is 4.74 Å². The van der Waals surface area contributed by atoms with Crippen LogP contribution in [-0.2, 0) is 23.9 Å². The average Bonchev–Trinajstić information content (AvgIpc) is 2.45. The van der Waals surface area contributed by atoms with Crippen LogP contribution in [0.25, 0.3) is 0 Å². The molecule has 5 nitrogen and oxygen atoms in total. The zero-order valence-corrected chi connectivity index (χ0v) is 6.32. The van der Waals surface area contributed by atoms with E-state index >= 15 is 0 Å². The summed E-state index contributed by atoms with van der Waals surface area (Å²) in [5, 5.41) is 0. The number of hydrogen-bond donors (Lipinski definition) is 0. The van der Waals surface area contributed by atoms with Crippen molar-refractivity contribution >= 4 is 18.7 Å². The summed E-state index contributed by atoms with van der Waals surface area (Å²) in [4.78, 5) is 31.0. The zero-order chi connectivity index (χ0) is 9.03. The standard InChI is InChI=1S/C7H8O5/c8-3-7(4-11-5-9)2-1-6(10)12-7/h3,5H,1-2,4H2/t7-/m0/s1. The van der Waals surface area contributed by atoms with Crippen LogP contribution in [0.5, 0.6) is 0 Å². The van der Waals surface area contributed by atoms with Gasteiger partial charge < -0.3 is 9.47 Å². The number of carbonyl (C=O) groups is 3. The molecule has 0 saturated carbocycles. The molecule has 0 aromatic rings. The molecule has 1 saturated heterocycles. The summed E-state index contributed by atoms with van der Waals surface area (Å²) in [5.41, 5.74) is -1.22. The maximum absolute atomic E-state index is 10.7. The molecule has 12 heavy (non-hydrogen) atoms. The molecular formula is C7H8O5. The van der Waals surface area contributed by atoms with Gasteiger partial charge in [-0.1, -0.05) is 0 Å². The topological polar surface area (TPSA) is 69.7 Å². The molecule has 1 heterocycles. The van der Waals surface area contributed by atoms with Crippen LogP contribution >= 0.6 is 0 Å². The van der Waals surface area contributed by atoms with Gasteiger partial charge in [-0.3, -0.25) is 14.4 Å². The highest BCUT2D eigenvalue weighted by Crippen LogP contribution is 2.24. The van der Waals surface area contributed by atoms with Gasteiger partial charge in [-0.05, 0) is 0 Å². The van der Waals surface area contributed by atoms with Gasteiger partial charge in [0.1, 0.15) is 6.61 Å². The summed E-state index contributed by atoms with van der Waals surface area (Å²) in [6, 6.07) is 0. The SMILES string of the molecule is O=COC[C@@]1(C=O)CCC(=O)O1. The minimum Gasteiger partial charge on any atom is -0.463 e. The number of ether oxygens (including phenoxy) is 2. The first-order valence-corrected chi connectivity index (χ1v) is 3.46. The van der Waals surface area contributed by atoms with E-state index in [1.54, 1.807) is 0 Å². The Morgan fingerprint density at radius 3 is 2.75 bits per heavy atom. The highest BCUT2D eigenvalue weighted by atomic mass is 16.6. The zero-order valence-electron chi connectivity index (χ0n) is 6.32. The number of aldehydes is 1. The van der Waals surface area contributed by atoms with Crippen molar-refractivity contribution in [3.8, 4) is 0 Å². The van der Waals surface area contributed by atoms with Gasteiger partial charge in [0.25, 0.3) is 6.47 Å². The Morgan fingerprint density at radius 2 is 2.33 bits per heavy atom. The van der Waals surface area contributed by atoms with Gasteiger partial charge in [-0.25, -0.2) is 0 Å². The number of hydrogen-bond acceptors (Lipinski definition) is 5. The van der Waals surface area contributed by atoms with Crippen LogP contribution in [0.15, 0.2) is 0 Å². The van der Waals surface area contributed by atoms with E-state index in [0.29, 0.717) is 6.29 Å². The van der Waals surface area contributed by atoms with Crippen LogP contribution in [0, 0.1) is 0 Å². The average molecular weight is 172 g/mol. The Balaban J connectivity index is 2.57. The summed E-state index contributed by atoms with van der Waals surface area (Å²) in [5.74, 6) is -0.434. The Hall–Kier alpha value is -1.39. The minimum absolute atomic E-state index is 0.189. The quantitative estimate of drug-likeness (QED) is 0.419. The summed E-state index contributed by atoms with van der Waals surface area (Å²) in [6.45, 7) is 0.0309. The molecule has 1 aliphatic heterocycles. The van der Waals surface area contributed by atoms with Gasteiger partial charge in [-0.2, -0.15) is 0 Å². The largest absolute Gasteiger partial charge is 0.463 e. The molecule has 0 aromatic carbocycles. The minimum atomic E-state index is -1.22. The highest BCUT2D eigenvalue weighted by molar-refractivity contribution is 5.79. The Labute approximate surface area is 68.6 Å². The monoisotopic (exact) mass is 172 g/mol. The van der Waals surface area contributed by atoms with Crippen molar-refractivity contribution in [2.45, 2.75) is 18.4 Å². The first-order chi connectivity index (χ1) is 5.72. The smallest absolute Gasteiger partial charge is 0.307 e.